The number of nitrogens with zero attached hydrogens (tertiary/aromatic N) is 1. The van der Waals surface area contributed by atoms with Gasteiger partial charge in [-0.15, -0.1) is 0 Å². The zero-order valence-electron chi connectivity index (χ0n) is 11.6. The molecule has 0 saturated heterocycles. The molecule has 0 fully saturated rings. The molecule has 21 heavy (non-hydrogen) atoms. The molecule has 0 N–H and O–H groups in total. The standard InChI is InChI=1S/C16H14BrNO3/c1-11(19)20-7-2-8-21-16-6-3-12(10-18)14-5-4-13(17)9-15(14)16/h3-6,9H,2,7-8H2,1H3. The van der Waals surface area contributed by atoms with Gasteiger partial charge in [0.2, 0.25) is 0 Å². The SMILES string of the molecule is CC(=O)OCCCOc1ccc(C#N)c2ccc(Br)cc12. The van der Waals surface area contributed by atoms with E-state index in [2.05, 4.69) is 22.0 Å². The molecular weight excluding hydrogens is 334 g/mol. The normalized spacial score (nSPS) is 10.1. The van der Waals surface area contributed by atoms with E-state index in [4.69, 9.17) is 14.7 Å². The highest BCUT2D eigenvalue weighted by Gasteiger charge is 2.07. The number of carbonyl (C=O) groups is 1. The highest BCUT2D eigenvalue weighted by molar-refractivity contribution is 9.10. The van der Waals surface area contributed by atoms with E-state index in [-0.39, 0.29) is 5.97 Å². The zero-order valence-corrected chi connectivity index (χ0v) is 13.1. The van der Waals surface area contributed by atoms with E-state index < -0.39 is 0 Å². The molecule has 0 aliphatic heterocycles. The van der Waals surface area contributed by atoms with Crippen molar-refractivity contribution < 1.29 is 14.3 Å². The molecule has 108 valence electrons. The summed E-state index contributed by atoms with van der Waals surface area (Å²) in [5, 5.41) is 10.9. The summed E-state index contributed by atoms with van der Waals surface area (Å²) in [6.07, 6.45) is 0.620. The Bertz CT molecular complexity index is 706. The number of hydrogen-bond donors (Lipinski definition) is 0. The Morgan fingerprint density at radius 2 is 2.05 bits per heavy atom. The highest BCUT2D eigenvalue weighted by atomic mass is 79.9. The zero-order chi connectivity index (χ0) is 15.2. The lowest BCUT2D eigenvalue weighted by Crippen LogP contribution is -2.06. The molecule has 0 radical (unpaired) electrons. The molecule has 0 aliphatic rings. The van der Waals surface area contributed by atoms with E-state index >= 15 is 0 Å². The fourth-order valence-electron chi connectivity index (χ4n) is 1.97. The number of fused-ring (bicyclic) bond motifs is 1. The Morgan fingerprint density at radius 1 is 1.24 bits per heavy atom. The Hall–Kier alpha value is -2.06. The van der Waals surface area contributed by atoms with Crippen LogP contribution < -0.4 is 4.74 Å². The maximum atomic E-state index is 10.7. The van der Waals surface area contributed by atoms with E-state index in [1.165, 1.54) is 6.92 Å². The molecule has 0 bridgehead atoms. The van der Waals surface area contributed by atoms with Crippen molar-refractivity contribution in [3.8, 4) is 11.8 Å². The summed E-state index contributed by atoms with van der Waals surface area (Å²) in [7, 11) is 0. The molecule has 0 aromatic heterocycles. The van der Waals surface area contributed by atoms with Gasteiger partial charge in [0.25, 0.3) is 0 Å². The van der Waals surface area contributed by atoms with Crippen molar-refractivity contribution in [3.63, 3.8) is 0 Å². The summed E-state index contributed by atoms with van der Waals surface area (Å²) in [4.78, 5) is 10.7. The lowest BCUT2D eigenvalue weighted by Gasteiger charge is -2.10. The fraction of sp³-hybridized carbons (Fsp3) is 0.250. The topological polar surface area (TPSA) is 59.3 Å². The van der Waals surface area contributed by atoms with Gasteiger partial charge in [-0.25, -0.2) is 0 Å². The van der Waals surface area contributed by atoms with Gasteiger partial charge in [-0.3, -0.25) is 4.79 Å². The summed E-state index contributed by atoms with van der Waals surface area (Å²) in [5.41, 5.74) is 0.616. The largest absolute Gasteiger partial charge is 0.493 e. The third-order valence-corrected chi connectivity index (χ3v) is 3.40. The lowest BCUT2D eigenvalue weighted by atomic mass is 10.0. The quantitative estimate of drug-likeness (QED) is 0.609. The van der Waals surface area contributed by atoms with Gasteiger partial charge in [0, 0.05) is 28.6 Å². The molecule has 0 spiro atoms. The Kier molecular flexibility index (Phi) is 5.18. The number of carbonyl (C=O) groups excluding carboxylic acids is 1. The van der Waals surface area contributed by atoms with Crippen molar-refractivity contribution in [3.05, 3.63) is 40.4 Å². The second kappa shape index (κ2) is 7.09. The van der Waals surface area contributed by atoms with Crippen molar-refractivity contribution in [1.29, 1.82) is 5.26 Å². The third-order valence-electron chi connectivity index (χ3n) is 2.91. The number of benzene rings is 2. The molecule has 0 atom stereocenters. The van der Waals surface area contributed by atoms with Gasteiger partial charge < -0.3 is 9.47 Å². The van der Waals surface area contributed by atoms with Gasteiger partial charge in [-0.1, -0.05) is 22.0 Å². The van der Waals surface area contributed by atoms with Crippen LogP contribution in [-0.4, -0.2) is 19.2 Å². The van der Waals surface area contributed by atoms with Crippen molar-refractivity contribution in [2.24, 2.45) is 0 Å². The van der Waals surface area contributed by atoms with Crippen molar-refractivity contribution in [2.75, 3.05) is 13.2 Å². The van der Waals surface area contributed by atoms with E-state index in [0.29, 0.717) is 30.9 Å². The van der Waals surface area contributed by atoms with Crippen LogP contribution in [0.1, 0.15) is 18.9 Å². The minimum Gasteiger partial charge on any atom is -0.493 e. The summed E-state index contributed by atoms with van der Waals surface area (Å²) in [6, 6.07) is 11.4. The molecule has 5 heteroatoms. The van der Waals surface area contributed by atoms with Gasteiger partial charge in [-0.2, -0.15) is 5.26 Å². The first-order valence-corrected chi connectivity index (χ1v) is 7.29. The number of hydrogen-bond acceptors (Lipinski definition) is 4. The molecule has 2 aromatic carbocycles. The van der Waals surface area contributed by atoms with Gasteiger partial charge in [-0.05, 0) is 24.3 Å². The highest BCUT2D eigenvalue weighted by Crippen LogP contribution is 2.31. The lowest BCUT2D eigenvalue weighted by molar-refractivity contribution is -0.141. The first kappa shape index (κ1) is 15.3. The molecule has 0 aliphatic carbocycles. The van der Waals surface area contributed by atoms with E-state index in [0.717, 1.165) is 15.2 Å². The maximum absolute atomic E-state index is 10.7. The predicted molar refractivity (Wildman–Crippen MR) is 83.1 cm³/mol. The number of ether oxygens (including phenoxy) is 2. The van der Waals surface area contributed by atoms with Crippen LogP contribution in [0.3, 0.4) is 0 Å². The molecule has 0 heterocycles. The summed E-state index contributed by atoms with van der Waals surface area (Å²) >= 11 is 3.43. The minimum absolute atomic E-state index is 0.289. The number of nitriles is 1. The summed E-state index contributed by atoms with van der Waals surface area (Å²) in [6.45, 7) is 2.17. The van der Waals surface area contributed by atoms with Gasteiger partial charge in [0.15, 0.2) is 0 Å². The van der Waals surface area contributed by atoms with Gasteiger partial charge in [0.1, 0.15) is 5.75 Å². The molecule has 2 rings (SSSR count). The van der Waals surface area contributed by atoms with Crippen LogP contribution in [0.5, 0.6) is 5.75 Å². The second-order valence-corrected chi connectivity index (χ2v) is 5.37. The molecule has 0 unspecified atom stereocenters. The minimum atomic E-state index is -0.289. The Morgan fingerprint density at radius 3 is 2.76 bits per heavy atom. The first-order valence-electron chi connectivity index (χ1n) is 6.50. The van der Waals surface area contributed by atoms with Crippen molar-refractivity contribution in [1.82, 2.24) is 0 Å². The average molecular weight is 348 g/mol. The first-order chi connectivity index (χ1) is 10.1. The van der Waals surface area contributed by atoms with Crippen LogP contribution in [0.2, 0.25) is 0 Å². The van der Waals surface area contributed by atoms with Crippen LogP contribution in [0.15, 0.2) is 34.8 Å². The van der Waals surface area contributed by atoms with Gasteiger partial charge in [0.05, 0.1) is 24.8 Å². The monoisotopic (exact) mass is 347 g/mol. The molecular formula is C16H14BrNO3. The smallest absolute Gasteiger partial charge is 0.302 e. The van der Waals surface area contributed by atoms with E-state index in [9.17, 15) is 4.79 Å². The van der Waals surface area contributed by atoms with Crippen LogP contribution in [0.25, 0.3) is 10.8 Å². The fourth-order valence-corrected chi connectivity index (χ4v) is 2.34. The molecule has 0 saturated carbocycles. The molecule has 4 nitrogen and oxygen atoms in total. The van der Waals surface area contributed by atoms with Crippen molar-refractivity contribution >= 4 is 32.7 Å². The number of esters is 1. The van der Waals surface area contributed by atoms with E-state index in [1.807, 2.05) is 18.2 Å². The summed E-state index contributed by atoms with van der Waals surface area (Å²) < 4.78 is 11.5. The Labute approximate surface area is 131 Å². The van der Waals surface area contributed by atoms with Crippen LogP contribution in [0, 0.1) is 11.3 Å². The van der Waals surface area contributed by atoms with Crippen LogP contribution >= 0.6 is 15.9 Å². The average Bonchev–Trinajstić information content (AvgIpc) is 2.46. The Balaban J connectivity index is 2.15. The summed E-state index contributed by atoms with van der Waals surface area (Å²) in [5.74, 6) is 0.427. The van der Waals surface area contributed by atoms with Crippen LogP contribution in [-0.2, 0) is 9.53 Å². The number of halogens is 1. The van der Waals surface area contributed by atoms with Crippen molar-refractivity contribution in [2.45, 2.75) is 13.3 Å². The van der Waals surface area contributed by atoms with Crippen LogP contribution in [0.4, 0.5) is 0 Å². The second-order valence-electron chi connectivity index (χ2n) is 4.46. The third kappa shape index (κ3) is 3.96. The maximum Gasteiger partial charge on any atom is 0.302 e. The van der Waals surface area contributed by atoms with Gasteiger partial charge >= 0.3 is 5.97 Å². The van der Waals surface area contributed by atoms with E-state index in [1.54, 1.807) is 12.1 Å². The predicted octanol–water partition coefficient (Wildman–Crippen LogP) is 3.81. The molecule has 0 amide bonds. The molecule has 2 aromatic rings. The number of rotatable bonds is 5.